The van der Waals surface area contributed by atoms with Gasteiger partial charge in [0.05, 0.1) is 34.2 Å². The number of hydrogen-bond acceptors (Lipinski definition) is 7. The van der Waals surface area contributed by atoms with Crippen LogP contribution in [0.3, 0.4) is 0 Å². The molecule has 0 amide bonds. The van der Waals surface area contributed by atoms with E-state index in [1.54, 1.807) is 0 Å². The fourth-order valence-corrected chi connectivity index (χ4v) is 15.5. The molecule has 1 aliphatic heterocycles. The van der Waals surface area contributed by atoms with E-state index in [0.29, 0.717) is 0 Å². The van der Waals surface area contributed by atoms with Gasteiger partial charge in [-0.3, -0.25) is 27.6 Å². The third-order valence-corrected chi connectivity index (χ3v) is 14.4. The monoisotopic (exact) mass is 1060 g/mol. The van der Waals surface area contributed by atoms with Gasteiger partial charge in [-0.25, -0.2) is 0 Å². The van der Waals surface area contributed by atoms with Gasteiger partial charge in [0.1, 0.15) is 0 Å². The maximum Gasteiger partial charge on any atom is 0.569 e. The summed E-state index contributed by atoms with van der Waals surface area (Å²) in [4.78, 5) is 0. The molecule has 19 heteroatoms. The molecule has 1 fully saturated rings. The zero-order chi connectivity index (χ0) is 43.3. The molecule has 6 aromatic rings. The molecule has 0 saturated carbocycles. The van der Waals surface area contributed by atoms with Crippen molar-refractivity contribution in [1.82, 2.24) is 58.1 Å². The molecule has 14 nitrogen and oxygen atoms in total. The zero-order valence-corrected chi connectivity index (χ0v) is 45.3. The van der Waals surface area contributed by atoms with Crippen molar-refractivity contribution >= 4 is 30.7 Å². The van der Waals surface area contributed by atoms with E-state index in [-0.39, 0.29) is 45.3 Å². The van der Waals surface area contributed by atoms with Gasteiger partial charge in [-0.1, -0.05) is 55.8 Å². The average molecular weight is 1060 g/mol. The van der Waals surface area contributed by atoms with Gasteiger partial charge >= 0.3 is 14.2 Å². The summed E-state index contributed by atoms with van der Waals surface area (Å²) < 4.78 is 21.6. The van der Waals surface area contributed by atoms with E-state index >= 15 is 0 Å². The van der Waals surface area contributed by atoms with Crippen molar-refractivity contribution in [3.8, 4) is 0 Å². The predicted molar refractivity (Wildman–Crippen MR) is 244 cm³/mol. The van der Waals surface area contributed by atoms with Crippen molar-refractivity contribution in [2.45, 2.75) is 135 Å². The quantitative estimate of drug-likeness (QED) is 0.142. The van der Waals surface area contributed by atoms with Gasteiger partial charge in [-0.15, -0.1) is 0 Å². The van der Waals surface area contributed by atoms with E-state index in [4.69, 9.17) is 9.38 Å². The molecule has 318 valence electrons. The van der Waals surface area contributed by atoms with Crippen molar-refractivity contribution in [3.63, 3.8) is 0 Å². The van der Waals surface area contributed by atoms with E-state index in [1.807, 2.05) is 69.1 Å². The van der Waals surface area contributed by atoms with Crippen LogP contribution in [0.25, 0.3) is 4.65 Å². The first-order valence-electron chi connectivity index (χ1n) is 20.4. The minimum Gasteiger partial charge on any atom is -0.668 e. The fraction of sp³-hybridized carbons (Fsp3) is 0.550. The Kier molecular flexibility index (Phi) is 17.9. The van der Waals surface area contributed by atoms with Gasteiger partial charge in [0.15, 0.2) is 0 Å². The third kappa shape index (κ3) is 14.2. The molecular formula is C40H68B2N13OSi2U-. The molecule has 7 rings (SSSR count). The molecule has 0 aromatic carbocycles. The van der Waals surface area contributed by atoms with Crippen molar-refractivity contribution in [2.75, 3.05) is 13.2 Å². The van der Waals surface area contributed by atoms with Crippen LogP contribution in [-0.2, 0) is 4.74 Å². The topological polar surface area (TPSA) is 130 Å². The van der Waals surface area contributed by atoms with Crippen molar-refractivity contribution in [3.05, 3.63) is 109 Å². The molecule has 0 N–H and O–H groups in total. The van der Waals surface area contributed by atoms with Crippen molar-refractivity contribution in [2.24, 2.45) is 0 Å². The van der Waals surface area contributed by atoms with Crippen LogP contribution in [0.1, 0.15) is 81.2 Å². The van der Waals surface area contributed by atoms with Gasteiger partial charge in [0.2, 0.25) is 0 Å². The Hall–Kier alpha value is -3.20. The first-order chi connectivity index (χ1) is 26.9. The molecule has 59 heavy (non-hydrogen) atoms. The maximum absolute atomic E-state index is 4.94. The minimum atomic E-state index is -1.11. The normalized spacial score (nSPS) is 12.5. The molecule has 0 atom stereocenters. The number of nitrogens with zero attached hydrogens (tertiary/aromatic N) is 13. The van der Waals surface area contributed by atoms with Crippen LogP contribution in [0.2, 0.25) is 39.3 Å². The Balaban J connectivity index is 0.000000236. The number of aromatic nitrogens is 12. The molecule has 0 spiro atoms. The SMILES string of the molecule is C1CCOC1.C[Si](C)(C)[N-][Si](C)(C)C.Cc1cc(C)n(B(n2nc(C)cc2C)n2nc(C)cc2C)n1.Cc1cc(C)n(B(n2nc(C)cc2C)n2nc(C)cc2C)n1.[U]. The van der Waals surface area contributed by atoms with Gasteiger partial charge in [0, 0.05) is 78.5 Å². The van der Waals surface area contributed by atoms with Gasteiger partial charge < -0.3 is 9.38 Å². The minimum absolute atomic E-state index is 0. The van der Waals surface area contributed by atoms with Gasteiger partial charge in [-0.05, 0) is 132 Å². The number of aryl methyl sites for hydroxylation is 12. The van der Waals surface area contributed by atoms with Crippen molar-refractivity contribution in [1.29, 1.82) is 0 Å². The van der Waals surface area contributed by atoms with Crippen LogP contribution in [-0.4, -0.2) is 102 Å². The molecule has 0 unspecified atom stereocenters. The predicted octanol–water partition coefficient (Wildman–Crippen LogP) is 7.94. The first-order valence-corrected chi connectivity index (χ1v) is 27.3. The summed E-state index contributed by atoms with van der Waals surface area (Å²) in [6.45, 7) is 40.2. The molecule has 7 heterocycles. The van der Waals surface area contributed by atoms with Crippen LogP contribution >= 0.6 is 0 Å². The molecule has 1 saturated heterocycles. The Bertz CT molecular complexity index is 1870. The number of rotatable bonds is 8. The van der Waals surface area contributed by atoms with Gasteiger partial charge in [-0.2, -0.15) is 30.6 Å². The first kappa shape index (κ1) is 50.2. The molecule has 0 aliphatic carbocycles. The second-order valence-electron chi connectivity index (χ2n) is 17.7. The second-order valence-corrected chi connectivity index (χ2v) is 27.3. The van der Waals surface area contributed by atoms with E-state index < -0.39 is 16.5 Å². The van der Waals surface area contributed by atoms with Crippen LogP contribution in [0.4, 0.5) is 0 Å². The zero-order valence-electron chi connectivity index (χ0n) is 39.2. The van der Waals surface area contributed by atoms with E-state index in [0.717, 1.165) is 81.5 Å². The van der Waals surface area contributed by atoms with Crippen molar-refractivity contribution < 1.29 is 35.9 Å². The Morgan fingerprint density at radius 3 is 0.678 bits per heavy atom. The van der Waals surface area contributed by atoms with Crippen LogP contribution in [0.15, 0.2) is 36.4 Å². The molecule has 0 radical (unpaired) electrons. The Morgan fingerprint density at radius 2 is 0.593 bits per heavy atom. The Morgan fingerprint density at radius 1 is 0.407 bits per heavy atom. The van der Waals surface area contributed by atoms with Crippen LogP contribution < -0.4 is 0 Å². The summed E-state index contributed by atoms with van der Waals surface area (Å²) >= 11 is 0. The smallest absolute Gasteiger partial charge is 0.569 e. The number of ether oxygens (including phenoxy) is 1. The van der Waals surface area contributed by atoms with E-state index in [1.165, 1.54) is 12.8 Å². The summed E-state index contributed by atoms with van der Waals surface area (Å²) in [7, 11) is -2.66. The fourth-order valence-electron chi connectivity index (χ4n) is 7.42. The summed E-state index contributed by atoms with van der Waals surface area (Å²) in [5, 5.41) is 28.0. The molecule has 1 aliphatic rings. The van der Waals surface area contributed by atoms with Gasteiger partial charge in [0.25, 0.3) is 0 Å². The standard InChI is InChI=1S/2C15H21BN6.C6H18NSi2.C4H8O.U/c2*1-10-7-13(4)20(17-10)16(21-14(5)8-11(2)18-21)22-15(6)9-12(3)19-22;1-8(2,3)7-9(4,5)6;1-2-4-5-3-1;/h2*7-9H,1-6H3;1-6H3;1-4H2;/q;;-1;;. The van der Waals surface area contributed by atoms with Crippen LogP contribution in [0.5, 0.6) is 0 Å². The summed E-state index contributed by atoms with van der Waals surface area (Å²) in [6, 6.07) is 12.4. The molecule has 6 aromatic heterocycles. The summed E-state index contributed by atoms with van der Waals surface area (Å²) in [6.07, 6.45) is 2.56. The third-order valence-electron chi connectivity index (χ3n) is 9.08. The van der Waals surface area contributed by atoms with E-state index in [9.17, 15) is 0 Å². The average Bonchev–Trinajstić information content (AvgIpc) is 3.94. The summed E-state index contributed by atoms with van der Waals surface area (Å²) in [5.74, 6) is 0. The number of hydrogen-bond donors (Lipinski definition) is 0. The maximum atomic E-state index is 4.94. The largest absolute Gasteiger partial charge is 0.668 e. The second kappa shape index (κ2) is 21.0. The Labute approximate surface area is 380 Å². The molecule has 0 bridgehead atoms. The van der Waals surface area contributed by atoms with Crippen LogP contribution in [0, 0.1) is 114 Å². The summed E-state index contributed by atoms with van der Waals surface area (Å²) in [5.41, 5.74) is 12.5. The molecular weight excluding hydrogens is 994 g/mol. The van der Waals surface area contributed by atoms with E-state index in [2.05, 4.69) is 148 Å².